The van der Waals surface area contributed by atoms with Crippen LogP contribution in [0.3, 0.4) is 0 Å². The third kappa shape index (κ3) is 6.85. The van der Waals surface area contributed by atoms with Crippen molar-refractivity contribution >= 4 is 17.8 Å². The molecule has 120 valence electrons. The van der Waals surface area contributed by atoms with Gasteiger partial charge in [0, 0.05) is 6.42 Å². The normalized spacial score (nSPS) is 11.5. The second-order valence-corrected chi connectivity index (χ2v) is 4.55. The van der Waals surface area contributed by atoms with Gasteiger partial charge in [-0.25, -0.2) is 4.79 Å². The van der Waals surface area contributed by atoms with Crippen LogP contribution in [0.1, 0.15) is 18.4 Å². The van der Waals surface area contributed by atoms with Crippen LogP contribution >= 0.6 is 0 Å². The number of carbonyl (C=O) groups is 3. The van der Waals surface area contributed by atoms with E-state index in [0.29, 0.717) is 0 Å². The van der Waals surface area contributed by atoms with E-state index in [9.17, 15) is 14.4 Å². The van der Waals surface area contributed by atoms with E-state index < -0.39 is 23.9 Å². The predicted octanol–water partition coefficient (Wildman–Crippen LogP) is 0.726. The lowest BCUT2D eigenvalue weighted by Gasteiger charge is -2.14. The van der Waals surface area contributed by atoms with Gasteiger partial charge in [0.2, 0.25) is 5.91 Å². The van der Waals surface area contributed by atoms with E-state index in [1.165, 1.54) is 7.11 Å². The van der Waals surface area contributed by atoms with Gasteiger partial charge in [-0.05, 0) is 12.0 Å². The Morgan fingerprint density at radius 1 is 1.23 bits per heavy atom. The highest BCUT2D eigenvalue weighted by Gasteiger charge is 2.21. The zero-order valence-electron chi connectivity index (χ0n) is 12.3. The van der Waals surface area contributed by atoms with E-state index >= 15 is 0 Å². The molecule has 1 rings (SSSR count). The Labute approximate surface area is 128 Å². The highest BCUT2D eigenvalue weighted by Crippen LogP contribution is 2.02. The second-order valence-electron chi connectivity index (χ2n) is 4.55. The minimum atomic E-state index is -1.21. The molecule has 2 N–H and O–H groups in total. The van der Waals surface area contributed by atoms with Crippen LogP contribution in [0.5, 0.6) is 0 Å². The molecule has 0 saturated heterocycles. The number of methoxy groups -OCH3 is 1. The molecule has 0 aliphatic heterocycles. The third-order valence-electron chi connectivity index (χ3n) is 2.84. The number of benzene rings is 1. The summed E-state index contributed by atoms with van der Waals surface area (Å²) in [5.74, 6) is -2.28. The monoisotopic (exact) mass is 309 g/mol. The van der Waals surface area contributed by atoms with E-state index in [0.717, 1.165) is 5.56 Å². The first-order chi connectivity index (χ1) is 10.5. The molecule has 1 aromatic carbocycles. The number of hydrogen-bond donors (Lipinski definition) is 2. The minimum Gasteiger partial charge on any atom is -0.480 e. The first kappa shape index (κ1) is 17.6. The number of hydrogen-bond acceptors (Lipinski definition) is 5. The Morgan fingerprint density at radius 2 is 1.91 bits per heavy atom. The lowest BCUT2D eigenvalue weighted by molar-refractivity contribution is -0.144. The molecule has 0 aliphatic rings. The van der Waals surface area contributed by atoms with Gasteiger partial charge in [-0.1, -0.05) is 30.3 Å². The van der Waals surface area contributed by atoms with Gasteiger partial charge in [-0.15, -0.1) is 0 Å². The van der Waals surface area contributed by atoms with Gasteiger partial charge in [0.05, 0.1) is 13.7 Å². The Hall–Kier alpha value is -2.41. The molecule has 0 saturated carbocycles. The molecule has 0 aliphatic carbocycles. The van der Waals surface area contributed by atoms with Crippen molar-refractivity contribution in [2.45, 2.75) is 25.5 Å². The van der Waals surface area contributed by atoms with Crippen molar-refractivity contribution in [1.82, 2.24) is 5.32 Å². The largest absolute Gasteiger partial charge is 0.480 e. The Balaban J connectivity index is 2.33. The number of ether oxygens (including phenoxy) is 2. The van der Waals surface area contributed by atoms with Crippen molar-refractivity contribution in [3.05, 3.63) is 35.9 Å². The second kappa shape index (κ2) is 9.51. The zero-order valence-corrected chi connectivity index (χ0v) is 12.3. The Bertz CT molecular complexity index is 502. The molecular weight excluding hydrogens is 290 g/mol. The van der Waals surface area contributed by atoms with E-state index in [-0.39, 0.29) is 26.1 Å². The van der Waals surface area contributed by atoms with Crippen molar-refractivity contribution in [1.29, 1.82) is 0 Å². The average Bonchev–Trinajstić information content (AvgIpc) is 2.51. The molecular formula is C15H19NO6. The first-order valence-corrected chi connectivity index (χ1v) is 6.73. The van der Waals surface area contributed by atoms with Gasteiger partial charge < -0.3 is 19.9 Å². The van der Waals surface area contributed by atoms with Gasteiger partial charge in [0.15, 0.2) is 0 Å². The number of aliphatic carboxylic acids is 1. The maximum Gasteiger partial charge on any atom is 0.326 e. The van der Waals surface area contributed by atoms with Gasteiger partial charge in [0.25, 0.3) is 0 Å². The quantitative estimate of drug-likeness (QED) is 0.652. The smallest absolute Gasteiger partial charge is 0.326 e. The maximum absolute atomic E-state index is 11.6. The lowest BCUT2D eigenvalue weighted by Crippen LogP contribution is -2.42. The molecule has 7 heteroatoms. The molecule has 1 atom stereocenters. The number of amides is 1. The molecule has 0 aromatic heterocycles. The molecule has 0 unspecified atom stereocenters. The van der Waals surface area contributed by atoms with E-state index in [2.05, 4.69) is 10.1 Å². The van der Waals surface area contributed by atoms with Crippen LogP contribution < -0.4 is 5.32 Å². The number of carboxylic acids is 1. The van der Waals surface area contributed by atoms with E-state index in [1.807, 2.05) is 30.3 Å². The van der Waals surface area contributed by atoms with Crippen molar-refractivity contribution in [2.24, 2.45) is 0 Å². The lowest BCUT2D eigenvalue weighted by atomic mass is 10.1. The summed E-state index contributed by atoms with van der Waals surface area (Å²) in [7, 11) is 1.22. The van der Waals surface area contributed by atoms with Gasteiger partial charge in [-0.3, -0.25) is 9.59 Å². The molecule has 22 heavy (non-hydrogen) atoms. The summed E-state index contributed by atoms with van der Waals surface area (Å²) in [6.45, 7) is 0.00502. The van der Waals surface area contributed by atoms with Crippen LogP contribution in [0, 0.1) is 0 Å². The summed E-state index contributed by atoms with van der Waals surface area (Å²) in [5, 5.41) is 11.3. The van der Waals surface area contributed by atoms with Crippen molar-refractivity contribution in [2.75, 3.05) is 13.7 Å². The summed E-state index contributed by atoms with van der Waals surface area (Å²) in [5.41, 5.74) is 0.913. The highest BCUT2D eigenvalue weighted by molar-refractivity contribution is 5.84. The number of carbonyl (C=O) groups excluding carboxylic acids is 2. The average molecular weight is 309 g/mol. The van der Waals surface area contributed by atoms with Gasteiger partial charge in [0.1, 0.15) is 12.6 Å². The maximum atomic E-state index is 11.6. The Morgan fingerprint density at radius 3 is 2.50 bits per heavy atom. The fourth-order valence-electron chi connectivity index (χ4n) is 1.69. The van der Waals surface area contributed by atoms with E-state index in [1.54, 1.807) is 0 Å². The molecule has 1 aromatic rings. The topological polar surface area (TPSA) is 102 Å². The predicted molar refractivity (Wildman–Crippen MR) is 76.9 cm³/mol. The molecule has 7 nitrogen and oxygen atoms in total. The van der Waals surface area contributed by atoms with Crippen molar-refractivity contribution in [3.63, 3.8) is 0 Å². The molecule has 0 heterocycles. The van der Waals surface area contributed by atoms with Crippen molar-refractivity contribution < 1.29 is 29.0 Å². The van der Waals surface area contributed by atoms with Crippen LogP contribution in [-0.2, 0) is 30.5 Å². The van der Waals surface area contributed by atoms with Gasteiger partial charge in [-0.2, -0.15) is 0 Å². The summed E-state index contributed by atoms with van der Waals surface area (Å²) < 4.78 is 9.64. The SMILES string of the molecule is COC(=O)CC[C@@H](NC(=O)COCc1ccccc1)C(=O)O. The molecule has 1 amide bonds. The summed E-state index contributed by atoms with van der Waals surface area (Å²) in [4.78, 5) is 33.7. The first-order valence-electron chi connectivity index (χ1n) is 6.73. The summed E-state index contributed by atoms with van der Waals surface area (Å²) in [6, 6.07) is 8.14. The van der Waals surface area contributed by atoms with E-state index in [4.69, 9.17) is 9.84 Å². The van der Waals surface area contributed by atoms with Crippen LogP contribution in [-0.4, -0.2) is 42.7 Å². The number of nitrogens with one attached hydrogen (secondary N) is 1. The summed E-state index contributed by atoms with van der Waals surface area (Å²) >= 11 is 0. The standard InChI is InChI=1S/C15H19NO6/c1-21-14(18)8-7-12(15(19)20)16-13(17)10-22-9-11-5-3-2-4-6-11/h2-6,12H,7-10H2,1H3,(H,16,17)(H,19,20)/t12-/m1/s1. The molecule has 0 spiro atoms. The number of esters is 1. The van der Waals surface area contributed by atoms with Crippen LogP contribution in [0.15, 0.2) is 30.3 Å². The zero-order chi connectivity index (χ0) is 16.4. The fourth-order valence-corrected chi connectivity index (χ4v) is 1.69. The van der Waals surface area contributed by atoms with Crippen LogP contribution in [0.25, 0.3) is 0 Å². The van der Waals surface area contributed by atoms with Crippen molar-refractivity contribution in [3.8, 4) is 0 Å². The highest BCUT2D eigenvalue weighted by atomic mass is 16.5. The molecule has 0 bridgehead atoms. The number of carboxylic acid groups (broad SMARTS) is 1. The fraction of sp³-hybridized carbons (Fsp3) is 0.400. The molecule has 0 fully saturated rings. The number of rotatable bonds is 9. The van der Waals surface area contributed by atoms with Crippen LogP contribution in [0.4, 0.5) is 0 Å². The van der Waals surface area contributed by atoms with Gasteiger partial charge >= 0.3 is 11.9 Å². The summed E-state index contributed by atoms with van der Waals surface area (Å²) in [6.07, 6.45) is -0.120. The Kier molecular flexibility index (Phi) is 7.63. The third-order valence-corrected chi connectivity index (χ3v) is 2.84. The van der Waals surface area contributed by atoms with Crippen LogP contribution in [0.2, 0.25) is 0 Å². The minimum absolute atomic E-state index is 0.0353. The molecule has 0 radical (unpaired) electrons.